The quantitative estimate of drug-likeness (QED) is 0.613. The first-order valence-corrected chi connectivity index (χ1v) is 5.80. The summed E-state index contributed by atoms with van der Waals surface area (Å²) in [5.74, 6) is 0. The van der Waals surface area contributed by atoms with Crippen LogP contribution >= 0.6 is 12.2 Å². The SMILES string of the molecule is Cc1cc(N)c(C(C)(C)C)cc1CC(N)=S. The van der Waals surface area contributed by atoms with Gasteiger partial charge in [-0.2, -0.15) is 0 Å². The molecule has 0 unspecified atom stereocenters. The van der Waals surface area contributed by atoms with E-state index in [2.05, 4.69) is 26.8 Å². The van der Waals surface area contributed by atoms with Gasteiger partial charge >= 0.3 is 0 Å². The summed E-state index contributed by atoms with van der Waals surface area (Å²) in [6.45, 7) is 8.49. The second-order valence-electron chi connectivity index (χ2n) is 5.26. The Balaban J connectivity index is 3.27. The Morgan fingerprint density at radius 3 is 2.31 bits per heavy atom. The normalized spacial score (nSPS) is 11.5. The summed E-state index contributed by atoms with van der Waals surface area (Å²) in [5.41, 5.74) is 16.0. The van der Waals surface area contributed by atoms with E-state index >= 15 is 0 Å². The Kier molecular flexibility index (Phi) is 3.58. The number of nitrogen functional groups attached to an aromatic ring is 1. The smallest absolute Gasteiger partial charge is 0.0771 e. The molecule has 2 nitrogen and oxygen atoms in total. The number of anilines is 1. The maximum atomic E-state index is 6.04. The van der Waals surface area contributed by atoms with Crippen molar-refractivity contribution in [2.45, 2.75) is 39.5 Å². The zero-order chi connectivity index (χ0) is 12.5. The lowest BCUT2D eigenvalue weighted by Crippen LogP contribution is -2.17. The Morgan fingerprint density at radius 2 is 1.88 bits per heavy atom. The van der Waals surface area contributed by atoms with Crippen LogP contribution in [0.15, 0.2) is 12.1 Å². The monoisotopic (exact) mass is 236 g/mol. The summed E-state index contributed by atoms with van der Waals surface area (Å²) in [6, 6.07) is 4.14. The van der Waals surface area contributed by atoms with E-state index in [-0.39, 0.29) is 5.41 Å². The molecule has 0 aliphatic rings. The van der Waals surface area contributed by atoms with Gasteiger partial charge < -0.3 is 11.5 Å². The van der Waals surface area contributed by atoms with Crippen molar-refractivity contribution in [2.24, 2.45) is 5.73 Å². The van der Waals surface area contributed by atoms with Gasteiger partial charge in [0, 0.05) is 12.1 Å². The summed E-state index contributed by atoms with van der Waals surface area (Å²) in [7, 11) is 0. The Morgan fingerprint density at radius 1 is 1.31 bits per heavy atom. The highest BCUT2D eigenvalue weighted by molar-refractivity contribution is 7.80. The molecule has 1 rings (SSSR count). The zero-order valence-corrected chi connectivity index (χ0v) is 11.2. The van der Waals surface area contributed by atoms with Gasteiger partial charge in [-0.1, -0.05) is 39.1 Å². The number of rotatable bonds is 2. The van der Waals surface area contributed by atoms with Crippen LogP contribution in [0.4, 0.5) is 5.69 Å². The standard InChI is InChI=1S/C13H20N2S/c1-8-5-11(14)10(13(2,3)4)6-9(8)7-12(15)16/h5-6H,7,14H2,1-4H3,(H2,15,16). The second kappa shape index (κ2) is 4.42. The third-order valence-electron chi connectivity index (χ3n) is 2.68. The predicted molar refractivity (Wildman–Crippen MR) is 74.8 cm³/mol. The molecule has 0 aliphatic carbocycles. The lowest BCUT2D eigenvalue weighted by atomic mass is 9.83. The summed E-state index contributed by atoms with van der Waals surface area (Å²) in [5, 5.41) is 0. The average Bonchev–Trinajstić information content (AvgIpc) is 2.06. The minimum Gasteiger partial charge on any atom is -0.398 e. The topological polar surface area (TPSA) is 52.0 Å². The second-order valence-corrected chi connectivity index (χ2v) is 5.78. The molecule has 0 atom stereocenters. The van der Waals surface area contributed by atoms with Crippen molar-refractivity contribution < 1.29 is 0 Å². The fourth-order valence-corrected chi connectivity index (χ4v) is 1.96. The molecule has 0 radical (unpaired) electrons. The molecule has 0 aromatic heterocycles. The molecule has 88 valence electrons. The fourth-order valence-electron chi connectivity index (χ4n) is 1.80. The van der Waals surface area contributed by atoms with Gasteiger partial charge in [0.15, 0.2) is 0 Å². The van der Waals surface area contributed by atoms with Crippen LogP contribution in [-0.4, -0.2) is 4.99 Å². The van der Waals surface area contributed by atoms with E-state index in [4.69, 9.17) is 23.7 Å². The molecule has 3 heteroatoms. The van der Waals surface area contributed by atoms with E-state index in [1.807, 2.05) is 13.0 Å². The molecule has 16 heavy (non-hydrogen) atoms. The first-order chi connectivity index (χ1) is 7.21. The largest absolute Gasteiger partial charge is 0.398 e. The first kappa shape index (κ1) is 13.0. The van der Waals surface area contributed by atoms with Crippen LogP contribution in [0.2, 0.25) is 0 Å². The molecule has 0 fully saturated rings. The number of benzene rings is 1. The minimum absolute atomic E-state index is 0.0444. The molecular weight excluding hydrogens is 216 g/mol. The van der Waals surface area contributed by atoms with Crippen LogP contribution in [0.25, 0.3) is 0 Å². The highest BCUT2D eigenvalue weighted by atomic mass is 32.1. The fraction of sp³-hybridized carbons (Fsp3) is 0.462. The number of thiocarbonyl (C=S) groups is 1. The van der Waals surface area contributed by atoms with E-state index < -0.39 is 0 Å². The van der Waals surface area contributed by atoms with Gasteiger partial charge in [0.25, 0.3) is 0 Å². The maximum absolute atomic E-state index is 6.04. The van der Waals surface area contributed by atoms with Crippen molar-refractivity contribution in [1.82, 2.24) is 0 Å². The number of hydrogen-bond acceptors (Lipinski definition) is 2. The van der Waals surface area contributed by atoms with Gasteiger partial charge in [-0.25, -0.2) is 0 Å². The number of hydrogen-bond donors (Lipinski definition) is 2. The lowest BCUT2D eigenvalue weighted by Gasteiger charge is -2.23. The first-order valence-electron chi connectivity index (χ1n) is 5.39. The van der Waals surface area contributed by atoms with Gasteiger partial charge in [-0.05, 0) is 35.1 Å². The summed E-state index contributed by atoms with van der Waals surface area (Å²) in [6.07, 6.45) is 0.643. The molecule has 0 aliphatic heterocycles. The molecule has 4 N–H and O–H groups in total. The Labute approximate surface area is 103 Å². The maximum Gasteiger partial charge on any atom is 0.0771 e. The summed E-state index contributed by atoms with van der Waals surface area (Å²) >= 11 is 4.95. The molecule has 1 aromatic carbocycles. The van der Waals surface area contributed by atoms with Crippen molar-refractivity contribution in [3.63, 3.8) is 0 Å². The van der Waals surface area contributed by atoms with E-state index in [0.29, 0.717) is 11.4 Å². The van der Waals surface area contributed by atoms with Gasteiger partial charge in [-0.3, -0.25) is 0 Å². The van der Waals surface area contributed by atoms with Crippen molar-refractivity contribution in [3.8, 4) is 0 Å². The molecule has 0 saturated carbocycles. The Hall–Kier alpha value is -1.09. The number of nitrogens with two attached hydrogens (primary N) is 2. The average molecular weight is 236 g/mol. The molecular formula is C13H20N2S. The van der Waals surface area contributed by atoms with E-state index in [1.165, 1.54) is 5.56 Å². The van der Waals surface area contributed by atoms with Gasteiger partial charge in [0.05, 0.1) is 4.99 Å². The molecule has 0 saturated heterocycles. The zero-order valence-electron chi connectivity index (χ0n) is 10.4. The van der Waals surface area contributed by atoms with Gasteiger partial charge in [0.1, 0.15) is 0 Å². The molecule has 1 aromatic rings. The van der Waals surface area contributed by atoms with Crippen molar-refractivity contribution >= 4 is 22.9 Å². The van der Waals surface area contributed by atoms with Crippen molar-refractivity contribution in [1.29, 1.82) is 0 Å². The van der Waals surface area contributed by atoms with Gasteiger partial charge in [-0.15, -0.1) is 0 Å². The lowest BCUT2D eigenvalue weighted by molar-refractivity contribution is 0.592. The Bertz CT molecular complexity index is 417. The highest BCUT2D eigenvalue weighted by Gasteiger charge is 2.18. The molecule has 0 spiro atoms. The summed E-state index contributed by atoms with van der Waals surface area (Å²) < 4.78 is 0. The molecule has 0 heterocycles. The van der Waals surface area contributed by atoms with E-state index in [0.717, 1.165) is 16.8 Å². The van der Waals surface area contributed by atoms with Gasteiger partial charge in [0.2, 0.25) is 0 Å². The third kappa shape index (κ3) is 2.95. The van der Waals surface area contributed by atoms with Crippen LogP contribution in [0, 0.1) is 6.92 Å². The van der Waals surface area contributed by atoms with Crippen LogP contribution < -0.4 is 11.5 Å². The van der Waals surface area contributed by atoms with Crippen LogP contribution in [0.5, 0.6) is 0 Å². The predicted octanol–water partition coefficient (Wildman–Crippen LogP) is 2.70. The van der Waals surface area contributed by atoms with Crippen LogP contribution in [0.3, 0.4) is 0 Å². The summed E-state index contributed by atoms with van der Waals surface area (Å²) in [4.78, 5) is 0.521. The van der Waals surface area contributed by atoms with Crippen molar-refractivity contribution in [2.75, 3.05) is 5.73 Å². The third-order valence-corrected chi connectivity index (χ3v) is 2.83. The molecule has 0 amide bonds. The minimum atomic E-state index is 0.0444. The van der Waals surface area contributed by atoms with Crippen LogP contribution in [-0.2, 0) is 11.8 Å². The van der Waals surface area contributed by atoms with E-state index in [1.54, 1.807) is 0 Å². The highest BCUT2D eigenvalue weighted by Crippen LogP contribution is 2.30. The molecule has 0 bridgehead atoms. The van der Waals surface area contributed by atoms with Crippen LogP contribution in [0.1, 0.15) is 37.5 Å². The van der Waals surface area contributed by atoms with Crippen molar-refractivity contribution in [3.05, 3.63) is 28.8 Å². The van der Waals surface area contributed by atoms with E-state index in [9.17, 15) is 0 Å². The number of aryl methyl sites for hydroxylation is 1.